The van der Waals surface area contributed by atoms with E-state index in [0.29, 0.717) is 17.1 Å². The van der Waals surface area contributed by atoms with Crippen molar-refractivity contribution in [3.8, 4) is 23.0 Å². The van der Waals surface area contributed by atoms with Crippen LogP contribution >= 0.6 is 0 Å². The van der Waals surface area contributed by atoms with Gasteiger partial charge in [0.2, 0.25) is 0 Å². The number of hydrogen-bond acceptors (Lipinski definition) is 6. The Morgan fingerprint density at radius 3 is 1.64 bits per heavy atom. The van der Waals surface area contributed by atoms with E-state index in [0.717, 1.165) is 6.08 Å². The molecule has 0 aliphatic carbocycles. The molecule has 0 unspecified atom stereocenters. The van der Waals surface area contributed by atoms with Gasteiger partial charge in [-0.25, -0.2) is 9.59 Å². The molecule has 0 fully saturated rings. The van der Waals surface area contributed by atoms with Gasteiger partial charge in [0.15, 0.2) is 0 Å². The van der Waals surface area contributed by atoms with Crippen molar-refractivity contribution in [2.75, 3.05) is 0 Å². The molecule has 0 aromatic heterocycles. The van der Waals surface area contributed by atoms with Crippen LogP contribution in [0, 0.1) is 0 Å². The number of phenolic OH excluding ortho intramolecular Hbond substituents is 2. The highest BCUT2D eigenvalue weighted by Gasteiger charge is 2.04. The second kappa shape index (κ2) is 9.57. The molecule has 0 aliphatic heterocycles. The first kappa shape index (κ1) is 19.5. The summed E-state index contributed by atoms with van der Waals surface area (Å²) < 4.78 is 9.63. The normalized spacial score (nSPS) is 9.16. The van der Waals surface area contributed by atoms with Gasteiger partial charge < -0.3 is 19.7 Å². The van der Waals surface area contributed by atoms with E-state index in [1.807, 2.05) is 0 Å². The highest BCUT2D eigenvalue weighted by molar-refractivity contribution is 5.88. The molecule has 0 aliphatic rings. The van der Waals surface area contributed by atoms with Crippen LogP contribution in [0.25, 0.3) is 0 Å². The van der Waals surface area contributed by atoms with Gasteiger partial charge in [0, 0.05) is 11.6 Å². The number of hydrogen-bond donors (Lipinski definition) is 2. The lowest BCUT2D eigenvalue weighted by Crippen LogP contribution is -2.07. The van der Waals surface area contributed by atoms with E-state index in [1.165, 1.54) is 48.5 Å². The second-order valence-electron chi connectivity index (χ2n) is 4.78. The zero-order valence-electron chi connectivity index (χ0n) is 13.6. The molecule has 0 saturated carbocycles. The number of benzene rings is 2. The van der Waals surface area contributed by atoms with Crippen molar-refractivity contribution < 1.29 is 29.3 Å². The zero-order valence-corrected chi connectivity index (χ0v) is 13.6. The lowest BCUT2D eigenvalue weighted by atomic mass is 10.3. The van der Waals surface area contributed by atoms with E-state index >= 15 is 0 Å². The summed E-state index contributed by atoms with van der Waals surface area (Å²) in [5.74, 6) is 0.0680. The van der Waals surface area contributed by atoms with E-state index in [-0.39, 0.29) is 11.5 Å². The molecule has 2 aromatic rings. The zero-order chi connectivity index (χ0) is 18.8. The predicted molar refractivity (Wildman–Crippen MR) is 92.5 cm³/mol. The smallest absolute Gasteiger partial charge is 0.338 e. The van der Waals surface area contributed by atoms with E-state index in [2.05, 4.69) is 13.2 Å². The van der Waals surface area contributed by atoms with Crippen molar-refractivity contribution in [2.45, 2.75) is 6.92 Å². The maximum Gasteiger partial charge on any atom is 0.338 e. The Morgan fingerprint density at radius 1 is 0.880 bits per heavy atom. The number of esters is 2. The third-order valence-corrected chi connectivity index (χ3v) is 2.62. The summed E-state index contributed by atoms with van der Waals surface area (Å²) in [6.45, 7) is 8.27. The first-order chi connectivity index (χ1) is 11.8. The lowest BCUT2D eigenvalue weighted by molar-refractivity contribution is -0.130. The SMILES string of the molecule is C=C(C)C(=O)Oc1ccc(O)cc1.C=CC(=O)Oc1ccc(O)cc1. The van der Waals surface area contributed by atoms with Crippen LogP contribution in [0.1, 0.15) is 6.92 Å². The van der Waals surface area contributed by atoms with Gasteiger partial charge in [-0.2, -0.15) is 0 Å². The van der Waals surface area contributed by atoms with E-state index < -0.39 is 11.9 Å². The van der Waals surface area contributed by atoms with Crippen LogP contribution in [0.15, 0.2) is 73.3 Å². The molecule has 0 amide bonds. The molecule has 2 rings (SSSR count). The molecule has 2 aromatic carbocycles. The van der Waals surface area contributed by atoms with Gasteiger partial charge in [0.1, 0.15) is 23.0 Å². The van der Waals surface area contributed by atoms with Crippen LogP contribution < -0.4 is 9.47 Å². The summed E-state index contributed by atoms with van der Waals surface area (Å²) in [5.41, 5.74) is 0.341. The summed E-state index contributed by atoms with van der Waals surface area (Å²) in [5, 5.41) is 17.8. The first-order valence-corrected chi connectivity index (χ1v) is 7.12. The largest absolute Gasteiger partial charge is 0.508 e. The van der Waals surface area contributed by atoms with Crippen LogP contribution in [-0.4, -0.2) is 22.2 Å². The lowest BCUT2D eigenvalue weighted by Gasteiger charge is -2.02. The fourth-order valence-corrected chi connectivity index (χ4v) is 1.38. The molecule has 0 heterocycles. The van der Waals surface area contributed by atoms with Crippen LogP contribution in [0.2, 0.25) is 0 Å². The van der Waals surface area contributed by atoms with Crippen molar-refractivity contribution in [1.82, 2.24) is 0 Å². The van der Waals surface area contributed by atoms with E-state index in [1.54, 1.807) is 6.92 Å². The Labute approximate surface area is 145 Å². The summed E-state index contributed by atoms with van der Waals surface area (Å²) in [4.78, 5) is 21.7. The summed E-state index contributed by atoms with van der Waals surface area (Å²) in [6, 6.07) is 11.8. The molecule has 0 radical (unpaired) electrons. The van der Waals surface area contributed by atoms with Gasteiger partial charge >= 0.3 is 11.9 Å². The second-order valence-corrected chi connectivity index (χ2v) is 4.78. The van der Waals surface area contributed by atoms with E-state index in [4.69, 9.17) is 19.7 Å². The fraction of sp³-hybridized carbons (Fsp3) is 0.0526. The highest BCUT2D eigenvalue weighted by Crippen LogP contribution is 2.17. The molecule has 0 atom stereocenters. The monoisotopic (exact) mass is 342 g/mol. The van der Waals surface area contributed by atoms with Gasteiger partial charge in [-0.15, -0.1) is 0 Å². The molecule has 25 heavy (non-hydrogen) atoms. The first-order valence-electron chi connectivity index (χ1n) is 7.12. The average Bonchev–Trinajstić information content (AvgIpc) is 2.59. The number of carbonyl (C=O) groups excluding carboxylic acids is 2. The number of carbonyl (C=O) groups is 2. The number of phenols is 2. The Hall–Kier alpha value is -3.54. The third kappa shape index (κ3) is 7.51. The van der Waals surface area contributed by atoms with Gasteiger partial charge in [0.25, 0.3) is 0 Å². The molecule has 2 N–H and O–H groups in total. The van der Waals surface area contributed by atoms with Gasteiger partial charge in [-0.1, -0.05) is 13.2 Å². The van der Waals surface area contributed by atoms with Gasteiger partial charge in [0.05, 0.1) is 0 Å². The molecule has 6 heteroatoms. The Morgan fingerprint density at radius 2 is 1.28 bits per heavy atom. The topological polar surface area (TPSA) is 93.1 Å². The van der Waals surface area contributed by atoms with Gasteiger partial charge in [-0.05, 0) is 55.5 Å². The van der Waals surface area contributed by atoms with Crippen LogP contribution in [0.4, 0.5) is 0 Å². The van der Waals surface area contributed by atoms with Crippen molar-refractivity contribution in [2.24, 2.45) is 0 Å². The predicted octanol–water partition coefficient (Wildman–Crippen LogP) is 3.36. The number of aromatic hydroxyl groups is 2. The molecular formula is C19H18O6. The average molecular weight is 342 g/mol. The maximum atomic E-state index is 11.0. The molecular weight excluding hydrogens is 324 g/mol. The summed E-state index contributed by atoms with van der Waals surface area (Å²) >= 11 is 0. The highest BCUT2D eigenvalue weighted by atomic mass is 16.5. The van der Waals surface area contributed by atoms with Crippen LogP contribution in [0.5, 0.6) is 23.0 Å². The van der Waals surface area contributed by atoms with Gasteiger partial charge in [-0.3, -0.25) is 0 Å². The molecule has 6 nitrogen and oxygen atoms in total. The molecule has 0 saturated heterocycles. The minimum atomic E-state index is -0.513. The Bertz CT molecular complexity index is 744. The quantitative estimate of drug-likeness (QED) is 0.503. The van der Waals surface area contributed by atoms with Crippen LogP contribution in [0.3, 0.4) is 0 Å². The number of rotatable bonds is 4. The third-order valence-electron chi connectivity index (χ3n) is 2.62. The minimum absolute atomic E-state index is 0.133. The number of ether oxygens (including phenoxy) is 2. The molecule has 0 spiro atoms. The molecule has 130 valence electrons. The summed E-state index contributed by atoms with van der Waals surface area (Å²) in [7, 11) is 0. The fourth-order valence-electron chi connectivity index (χ4n) is 1.38. The van der Waals surface area contributed by atoms with Crippen molar-refractivity contribution in [3.05, 3.63) is 73.3 Å². The van der Waals surface area contributed by atoms with Crippen molar-refractivity contribution in [1.29, 1.82) is 0 Å². The maximum absolute atomic E-state index is 11.0. The van der Waals surface area contributed by atoms with Crippen LogP contribution in [-0.2, 0) is 9.59 Å². The summed E-state index contributed by atoms with van der Waals surface area (Å²) in [6.07, 6.45) is 1.08. The van der Waals surface area contributed by atoms with E-state index in [9.17, 15) is 9.59 Å². The standard InChI is InChI=1S/C10H10O3.C9H8O3/c1-7(2)10(12)13-9-5-3-8(11)4-6-9;1-2-9(11)12-8-5-3-7(10)4-6-8/h3-6,11H,1H2,2H3;2-6,10H,1H2. The molecule has 0 bridgehead atoms. The van der Waals surface area contributed by atoms with Crippen molar-refractivity contribution >= 4 is 11.9 Å². The van der Waals surface area contributed by atoms with Crippen molar-refractivity contribution in [3.63, 3.8) is 0 Å². The Balaban J connectivity index is 0.000000251. The Kier molecular flexibility index (Phi) is 7.46. The minimum Gasteiger partial charge on any atom is -0.508 e.